The molecule has 0 atom stereocenters. The van der Waals surface area contributed by atoms with Crippen molar-refractivity contribution in [3.8, 4) is 0 Å². The molecule has 0 aliphatic heterocycles. The summed E-state index contributed by atoms with van der Waals surface area (Å²) in [6.45, 7) is 0. The lowest BCUT2D eigenvalue weighted by Crippen LogP contribution is -2.34. The van der Waals surface area contributed by atoms with E-state index in [1.165, 1.54) is 31.2 Å². The molecule has 0 unspecified atom stereocenters. The fourth-order valence-electron chi connectivity index (χ4n) is 0.566. The van der Waals surface area contributed by atoms with Gasteiger partial charge in [-0.1, -0.05) is 0 Å². The van der Waals surface area contributed by atoms with Gasteiger partial charge in [-0.2, -0.15) is 0 Å². The minimum atomic E-state index is 0.133. The van der Waals surface area contributed by atoms with Crippen molar-refractivity contribution in [1.29, 1.82) is 0 Å². The summed E-state index contributed by atoms with van der Waals surface area (Å²) in [6.07, 6.45) is 0. The van der Waals surface area contributed by atoms with Crippen LogP contribution in [0.15, 0.2) is 0 Å². The summed E-state index contributed by atoms with van der Waals surface area (Å²) in [7, 11) is 6.23. The van der Waals surface area contributed by atoms with Crippen molar-refractivity contribution in [2.75, 3.05) is 7.05 Å². The van der Waals surface area contributed by atoms with Crippen LogP contribution in [0, 0.1) is 0 Å². The molecule has 0 N–H and O–H groups in total. The van der Waals surface area contributed by atoms with Gasteiger partial charge in [0.05, 0.1) is 31.2 Å². The van der Waals surface area contributed by atoms with Crippen molar-refractivity contribution in [3.63, 3.8) is 0 Å². The summed E-state index contributed by atoms with van der Waals surface area (Å²) >= 11 is 0. The average Bonchev–Trinajstić information content (AvgIpc) is 1.27. The molecule has 0 aliphatic carbocycles. The Morgan fingerprint density at radius 3 is 1.71 bits per heavy atom. The van der Waals surface area contributed by atoms with Crippen LogP contribution in [0.25, 0.3) is 0 Å². The van der Waals surface area contributed by atoms with E-state index in [1.807, 2.05) is 0 Å². The zero-order valence-corrected chi connectivity index (χ0v) is 13.0. The zero-order chi connectivity index (χ0) is 5.86. The Kier molecular flexibility index (Phi) is 4.17. The molecule has 0 heterocycles. The molecule has 6 heteroatoms. The molecule has 0 aromatic rings. The van der Waals surface area contributed by atoms with Crippen LogP contribution in [0.2, 0.25) is 0 Å². The molecular weight excluding hydrogens is 152 g/mol. The van der Waals surface area contributed by atoms with E-state index in [0.717, 1.165) is 0 Å². The molecule has 0 saturated carbocycles. The lowest BCUT2D eigenvalue weighted by atomic mass is 11.6. The SMILES string of the molecule is CN([SiH3])[SiH2]N([SiH3])[SiH3]. The number of nitrogens with zero attached hydrogens (tertiary/aromatic N) is 2. The largest absolute Gasteiger partial charge is 0.376 e. The van der Waals surface area contributed by atoms with Crippen LogP contribution in [0.5, 0.6) is 0 Å². The maximum Gasteiger partial charge on any atom is 0.151 e. The normalized spacial score (nSPS) is 14.1. The smallest absolute Gasteiger partial charge is 0.151 e. The molecular formula is CH14N2Si4. The van der Waals surface area contributed by atoms with Gasteiger partial charge in [0, 0.05) is 0 Å². The van der Waals surface area contributed by atoms with Crippen LogP contribution < -0.4 is 0 Å². The van der Waals surface area contributed by atoms with E-state index in [0.29, 0.717) is 0 Å². The van der Waals surface area contributed by atoms with Gasteiger partial charge in [0.2, 0.25) is 0 Å². The monoisotopic (exact) mass is 166 g/mol. The highest BCUT2D eigenvalue weighted by Gasteiger charge is 1.88. The quantitative estimate of drug-likeness (QED) is 0.380. The maximum absolute atomic E-state index is 2.58. The predicted octanol–water partition coefficient (Wildman–Crippen LogP) is -4.94. The fourth-order valence-corrected chi connectivity index (χ4v) is 10.2. The molecule has 0 rings (SSSR count). The molecule has 0 aliphatic rings. The van der Waals surface area contributed by atoms with Gasteiger partial charge >= 0.3 is 0 Å². The van der Waals surface area contributed by atoms with Crippen molar-refractivity contribution in [3.05, 3.63) is 0 Å². The molecule has 44 valence electrons. The molecule has 0 amide bonds. The second-order valence-electron chi connectivity index (χ2n) is 2.30. The van der Waals surface area contributed by atoms with E-state index in [4.69, 9.17) is 0 Å². The lowest BCUT2D eigenvalue weighted by molar-refractivity contribution is 0.818. The highest BCUT2D eigenvalue weighted by atomic mass is 28.3. The van der Waals surface area contributed by atoms with Gasteiger partial charge in [-0.3, -0.25) is 0 Å². The topological polar surface area (TPSA) is 6.48 Å². The standard InChI is InChI=1S/CH14N2Si4/c1-2(4)7-3(5)6/h7H2,1,4-6H3. The minimum Gasteiger partial charge on any atom is -0.376 e. The van der Waals surface area contributed by atoms with Gasteiger partial charge < -0.3 is 8.13 Å². The fraction of sp³-hybridized carbons (Fsp3) is 1.00. The second kappa shape index (κ2) is 3.75. The Bertz CT molecular complexity index is 39.0. The number of hydrogen-bond donors (Lipinski definition) is 0. The molecule has 0 bridgehead atoms. The Hall–Kier alpha value is 0.788. The Balaban J connectivity index is 2.95. The average molecular weight is 166 g/mol. The third-order valence-electron chi connectivity index (χ3n) is 0.566. The Labute approximate surface area is 56.7 Å². The first-order valence-electron chi connectivity index (χ1n) is 2.42. The molecule has 0 spiro atoms. The van der Waals surface area contributed by atoms with E-state index < -0.39 is 0 Å². The first kappa shape index (κ1) is 7.79. The zero-order valence-electron chi connectivity index (χ0n) is 5.60. The third-order valence-corrected chi connectivity index (χ3v) is 4.24. The molecule has 0 aromatic carbocycles. The van der Waals surface area contributed by atoms with Gasteiger partial charge in [0.1, 0.15) is 0 Å². The van der Waals surface area contributed by atoms with Crippen molar-refractivity contribution in [2.45, 2.75) is 0 Å². The van der Waals surface area contributed by atoms with Crippen molar-refractivity contribution in [2.24, 2.45) is 0 Å². The van der Waals surface area contributed by atoms with E-state index in [2.05, 4.69) is 15.2 Å². The molecule has 7 heavy (non-hydrogen) atoms. The van der Waals surface area contributed by atoms with Gasteiger partial charge in [-0.25, -0.2) is 0 Å². The summed E-state index contributed by atoms with van der Waals surface area (Å²) in [5.74, 6) is 0. The lowest BCUT2D eigenvalue weighted by Gasteiger charge is -2.15. The summed E-state index contributed by atoms with van der Waals surface area (Å²) in [5.41, 5.74) is 0. The first-order chi connectivity index (χ1) is 3.13. The van der Waals surface area contributed by atoms with Crippen LogP contribution in [-0.4, -0.2) is 56.2 Å². The van der Waals surface area contributed by atoms with E-state index in [-0.39, 0.29) is 9.84 Å². The van der Waals surface area contributed by atoms with Crippen molar-refractivity contribution < 1.29 is 0 Å². The first-order valence-corrected chi connectivity index (χ1v) is 6.37. The van der Waals surface area contributed by atoms with Gasteiger partial charge in [-0.05, 0) is 7.05 Å². The van der Waals surface area contributed by atoms with Gasteiger partial charge in [0.15, 0.2) is 9.84 Å². The minimum absolute atomic E-state index is 0.133. The van der Waals surface area contributed by atoms with Crippen LogP contribution in [-0.2, 0) is 0 Å². The molecule has 0 radical (unpaired) electrons. The van der Waals surface area contributed by atoms with Crippen LogP contribution in [0.1, 0.15) is 0 Å². The van der Waals surface area contributed by atoms with E-state index in [1.54, 1.807) is 0 Å². The summed E-state index contributed by atoms with van der Waals surface area (Å²) in [6, 6.07) is 0. The number of rotatable bonds is 2. The Morgan fingerprint density at radius 1 is 1.29 bits per heavy atom. The highest BCUT2D eigenvalue weighted by Crippen LogP contribution is 1.67. The molecule has 2 nitrogen and oxygen atoms in total. The maximum atomic E-state index is 2.58. The second-order valence-corrected chi connectivity index (χ2v) is 15.3. The summed E-state index contributed by atoms with van der Waals surface area (Å²) in [4.78, 5) is 0. The van der Waals surface area contributed by atoms with Crippen LogP contribution in [0.4, 0.5) is 0 Å². The van der Waals surface area contributed by atoms with Crippen molar-refractivity contribution in [1.82, 2.24) is 8.13 Å². The molecule has 0 saturated heterocycles. The van der Waals surface area contributed by atoms with Crippen molar-refractivity contribution >= 4 is 41.1 Å². The number of hydrogen-bond acceptors (Lipinski definition) is 2. The van der Waals surface area contributed by atoms with Crippen LogP contribution >= 0.6 is 0 Å². The Morgan fingerprint density at radius 2 is 1.71 bits per heavy atom. The third kappa shape index (κ3) is 6.79. The highest BCUT2D eigenvalue weighted by molar-refractivity contribution is 6.54. The van der Waals surface area contributed by atoms with E-state index in [9.17, 15) is 0 Å². The summed E-state index contributed by atoms with van der Waals surface area (Å²) < 4.78 is 5.05. The van der Waals surface area contributed by atoms with Gasteiger partial charge in [0.25, 0.3) is 0 Å². The molecule has 0 aromatic heterocycles. The predicted molar refractivity (Wildman–Crippen MR) is 48.0 cm³/mol. The molecule has 0 fully saturated rings. The summed E-state index contributed by atoms with van der Waals surface area (Å²) in [5, 5.41) is 0. The van der Waals surface area contributed by atoms with E-state index >= 15 is 0 Å². The van der Waals surface area contributed by atoms with Crippen LogP contribution in [0.3, 0.4) is 0 Å². The van der Waals surface area contributed by atoms with Gasteiger partial charge in [-0.15, -0.1) is 0 Å².